The van der Waals surface area contributed by atoms with Crippen molar-refractivity contribution < 1.29 is 0 Å². The first-order valence-corrected chi connectivity index (χ1v) is 7.04. The van der Waals surface area contributed by atoms with Crippen LogP contribution in [0.5, 0.6) is 0 Å². The van der Waals surface area contributed by atoms with Crippen LogP contribution in [-0.4, -0.2) is 37.9 Å². The van der Waals surface area contributed by atoms with E-state index in [9.17, 15) is 0 Å². The molecule has 3 heterocycles. The Morgan fingerprint density at radius 1 is 1.30 bits per heavy atom. The molecule has 1 fully saturated rings. The first-order chi connectivity index (χ1) is 9.88. The Hall–Kier alpha value is -2.14. The maximum absolute atomic E-state index is 4.72. The van der Waals surface area contributed by atoms with Gasteiger partial charge in [0.25, 0.3) is 0 Å². The van der Waals surface area contributed by atoms with Gasteiger partial charge in [0.15, 0.2) is 0 Å². The van der Waals surface area contributed by atoms with Crippen molar-refractivity contribution in [3.63, 3.8) is 0 Å². The lowest BCUT2D eigenvalue weighted by atomic mass is 10.1. The molecule has 1 aliphatic rings. The van der Waals surface area contributed by atoms with Gasteiger partial charge in [0.05, 0.1) is 17.6 Å². The number of rotatable bonds is 3. The van der Waals surface area contributed by atoms with E-state index in [0.717, 1.165) is 48.7 Å². The van der Waals surface area contributed by atoms with Crippen molar-refractivity contribution in [3.05, 3.63) is 48.3 Å². The predicted octanol–water partition coefficient (Wildman–Crippen LogP) is 2.28. The van der Waals surface area contributed by atoms with E-state index in [-0.39, 0.29) is 0 Å². The molecule has 1 aromatic carbocycles. The largest absolute Gasteiger partial charge is 0.348 e. The van der Waals surface area contributed by atoms with Crippen LogP contribution in [-0.2, 0) is 6.54 Å². The second kappa shape index (κ2) is 4.76. The summed E-state index contributed by atoms with van der Waals surface area (Å²) in [6.45, 7) is 3.03. The van der Waals surface area contributed by atoms with Crippen LogP contribution in [0.3, 0.4) is 0 Å². The second-order valence-corrected chi connectivity index (χ2v) is 5.40. The topological polar surface area (TPSA) is 60.6 Å². The zero-order chi connectivity index (χ0) is 13.4. The molecule has 0 spiro atoms. The van der Waals surface area contributed by atoms with Crippen molar-refractivity contribution in [1.82, 2.24) is 24.8 Å². The smallest absolute Gasteiger partial charge is 0.120 e. The van der Waals surface area contributed by atoms with E-state index in [1.165, 1.54) is 0 Å². The SMILES string of the molecule is c1ccc2[nH]c(C3CCN(Cc4ncc[nH]4)C3)nc2c1. The molecular formula is C15H17N5. The molecule has 1 aliphatic heterocycles. The fourth-order valence-electron chi connectivity index (χ4n) is 2.96. The summed E-state index contributed by atoms with van der Waals surface area (Å²) in [5, 5.41) is 0. The van der Waals surface area contributed by atoms with E-state index in [1.807, 2.05) is 24.5 Å². The summed E-state index contributed by atoms with van der Waals surface area (Å²) in [6.07, 6.45) is 4.84. The van der Waals surface area contributed by atoms with Crippen LogP contribution in [0.4, 0.5) is 0 Å². The Morgan fingerprint density at radius 2 is 2.25 bits per heavy atom. The van der Waals surface area contributed by atoms with Gasteiger partial charge in [-0.25, -0.2) is 9.97 Å². The summed E-state index contributed by atoms with van der Waals surface area (Å²) in [4.78, 5) is 18.1. The van der Waals surface area contributed by atoms with Crippen molar-refractivity contribution in [2.75, 3.05) is 13.1 Å². The lowest BCUT2D eigenvalue weighted by Gasteiger charge is -2.13. The van der Waals surface area contributed by atoms with Gasteiger partial charge in [-0.3, -0.25) is 4.90 Å². The molecule has 1 unspecified atom stereocenters. The molecule has 1 atom stereocenters. The van der Waals surface area contributed by atoms with Crippen molar-refractivity contribution in [2.45, 2.75) is 18.9 Å². The van der Waals surface area contributed by atoms with Gasteiger partial charge in [-0.1, -0.05) is 12.1 Å². The molecule has 0 aliphatic carbocycles. The van der Waals surface area contributed by atoms with Crippen LogP contribution in [0.1, 0.15) is 24.0 Å². The van der Waals surface area contributed by atoms with E-state index in [1.54, 1.807) is 0 Å². The second-order valence-electron chi connectivity index (χ2n) is 5.40. The maximum atomic E-state index is 4.72. The van der Waals surface area contributed by atoms with Crippen LogP contribution in [0, 0.1) is 0 Å². The third-order valence-corrected chi connectivity index (χ3v) is 3.99. The number of para-hydroxylation sites is 2. The van der Waals surface area contributed by atoms with Gasteiger partial charge in [-0.15, -0.1) is 0 Å². The normalized spacial score (nSPS) is 19.9. The Bertz CT molecular complexity index is 667. The minimum absolute atomic E-state index is 0.498. The number of hydrogen-bond donors (Lipinski definition) is 2. The van der Waals surface area contributed by atoms with E-state index in [0.29, 0.717) is 5.92 Å². The molecule has 0 saturated carbocycles. The fraction of sp³-hybridized carbons (Fsp3) is 0.333. The molecular weight excluding hydrogens is 250 g/mol. The fourth-order valence-corrected chi connectivity index (χ4v) is 2.96. The average Bonchev–Trinajstić information content (AvgIpc) is 3.18. The van der Waals surface area contributed by atoms with Crippen LogP contribution in [0.2, 0.25) is 0 Å². The number of imidazole rings is 2. The van der Waals surface area contributed by atoms with Crippen LogP contribution in [0.15, 0.2) is 36.7 Å². The maximum Gasteiger partial charge on any atom is 0.120 e. The molecule has 1 saturated heterocycles. The van der Waals surface area contributed by atoms with Crippen LogP contribution >= 0.6 is 0 Å². The molecule has 5 heteroatoms. The third-order valence-electron chi connectivity index (χ3n) is 3.99. The number of nitrogens with one attached hydrogen (secondary N) is 2. The highest BCUT2D eigenvalue weighted by Crippen LogP contribution is 2.27. The Balaban J connectivity index is 1.50. The van der Waals surface area contributed by atoms with Gasteiger partial charge >= 0.3 is 0 Å². The van der Waals surface area contributed by atoms with Crippen molar-refractivity contribution in [3.8, 4) is 0 Å². The van der Waals surface area contributed by atoms with Gasteiger partial charge in [0, 0.05) is 24.9 Å². The van der Waals surface area contributed by atoms with Crippen LogP contribution in [0.25, 0.3) is 11.0 Å². The number of aromatic amines is 2. The quantitative estimate of drug-likeness (QED) is 0.765. The molecule has 0 bridgehead atoms. The molecule has 2 aromatic heterocycles. The number of H-pyrrole nitrogens is 2. The zero-order valence-corrected chi connectivity index (χ0v) is 11.2. The summed E-state index contributed by atoms with van der Waals surface area (Å²) < 4.78 is 0. The van der Waals surface area contributed by atoms with Crippen LogP contribution < -0.4 is 0 Å². The van der Waals surface area contributed by atoms with Gasteiger partial charge < -0.3 is 9.97 Å². The zero-order valence-electron chi connectivity index (χ0n) is 11.2. The standard InChI is InChI=1S/C15H17N5/c1-2-4-13-12(3-1)18-15(19-13)11-5-8-20(9-11)10-14-16-6-7-17-14/h1-4,6-7,11H,5,8-10H2,(H,16,17)(H,18,19). The highest BCUT2D eigenvalue weighted by Gasteiger charge is 2.26. The molecule has 0 amide bonds. The lowest BCUT2D eigenvalue weighted by molar-refractivity contribution is 0.318. The Morgan fingerprint density at radius 3 is 3.10 bits per heavy atom. The van der Waals surface area contributed by atoms with Crippen molar-refractivity contribution in [2.24, 2.45) is 0 Å². The van der Waals surface area contributed by atoms with E-state index in [2.05, 4.69) is 32.0 Å². The third kappa shape index (κ3) is 2.10. The summed E-state index contributed by atoms with van der Waals surface area (Å²) in [7, 11) is 0. The van der Waals surface area contributed by atoms with Gasteiger partial charge in [0.2, 0.25) is 0 Å². The number of fused-ring (bicyclic) bond motifs is 1. The minimum atomic E-state index is 0.498. The van der Waals surface area contributed by atoms with Crippen molar-refractivity contribution >= 4 is 11.0 Å². The number of hydrogen-bond acceptors (Lipinski definition) is 3. The number of likely N-dealkylation sites (tertiary alicyclic amines) is 1. The first-order valence-electron chi connectivity index (χ1n) is 7.04. The molecule has 0 radical (unpaired) electrons. The molecule has 4 rings (SSSR count). The summed E-state index contributed by atoms with van der Waals surface area (Å²) >= 11 is 0. The lowest BCUT2D eigenvalue weighted by Crippen LogP contribution is -2.20. The molecule has 20 heavy (non-hydrogen) atoms. The number of nitrogens with zero attached hydrogens (tertiary/aromatic N) is 3. The Labute approximate surface area is 117 Å². The number of aromatic nitrogens is 4. The summed E-state index contributed by atoms with van der Waals surface area (Å²) in [6, 6.07) is 8.22. The summed E-state index contributed by atoms with van der Waals surface area (Å²) in [5.74, 6) is 2.65. The number of benzene rings is 1. The van der Waals surface area contributed by atoms with E-state index in [4.69, 9.17) is 4.98 Å². The highest BCUT2D eigenvalue weighted by atomic mass is 15.2. The van der Waals surface area contributed by atoms with E-state index < -0.39 is 0 Å². The van der Waals surface area contributed by atoms with E-state index >= 15 is 0 Å². The minimum Gasteiger partial charge on any atom is -0.348 e. The van der Waals surface area contributed by atoms with Gasteiger partial charge in [0.1, 0.15) is 11.6 Å². The average molecular weight is 267 g/mol. The van der Waals surface area contributed by atoms with Crippen molar-refractivity contribution in [1.29, 1.82) is 0 Å². The predicted molar refractivity (Wildman–Crippen MR) is 77.3 cm³/mol. The van der Waals surface area contributed by atoms with Gasteiger partial charge in [-0.05, 0) is 25.1 Å². The highest BCUT2D eigenvalue weighted by molar-refractivity contribution is 5.74. The first kappa shape index (κ1) is 11.7. The monoisotopic (exact) mass is 267 g/mol. The summed E-state index contributed by atoms with van der Waals surface area (Å²) in [5.41, 5.74) is 2.19. The Kier molecular flexibility index (Phi) is 2.77. The molecule has 3 aromatic rings. The molecule has 2 N–H and O–H groups in total. The van der Waals surface area contributed by atoms with Gasteiger partial charge in [-0.2, -0.15) is 0 Å². The molecule has 5 nitrogen and oxygen atoms in total. The molecule has 102 valence electrons.